The summed E-state index contributed by atoms with van der Waals surface area (Å²) in [5.74, 6) is 0. The van der Waals surface area contributed by atoms with Gasteiger partial charge in [-0.3, -0.25) is 13.6 Å². The second kappa shape index (κ2) is 7.97. The van der Waals surface area contributed by atoms with E-state index in [1.807, 2.05) is 36.5 Å². The SMILES string of the molecule is Cn1cc(-c2cn(S)c3ncc(C4=CCC(N5CCCOCC5)CC4)cc23)cn1. The van der Waals surface area contributed by atoms with Crippen LogP contribution in [0.1, 0.15) is 31.2 Å². The second-order valence-electron chi connectivity index (χ2n) is 8.04. The topological polar surface area (TPSA) is 48.1 Å². The van der Waals surface area contributed by atoms with Gasteiger partial charge in [0.15, 0.2) is 0 Å². The minimum Gasteiger partial charge on any atom is -0.380 e. The number of allylic oxidation sites excluding steroid dienone is 1. The van der Waals surface area contributed by atoms with Crippen LogP contribution in [0.5, 0.6) is 0 Å². The molecule has 1 aliphatic heterocycles. The lowest BCUT2D eigenvalue weighted by Gasteiger charge is -2.32. The monoisotopic (exact) mass is 409 g/mol. The van der Waals surface area contributed by atoms with Crippen LogP contribution in [0.3, 0.4) is 0 Å². The first kappa shape index (κ1) is 18.9. The van der Waals surface area contributed by atoms with Gasteiger partial charge in [0, 0.05) is 67.9 Å². The molecule has 3 aromatic rings. The zero-order valence-electron chi connectivity index (χ0n) is 16.8. The summed E-state index contributed by atoms with van der Waals surface area (Å²) in [6, 6.07) is 2.91. The number of aryl methyl sites for hydroxylation is 1. The Labute approximate surface area is 176 Å². The maximum Gasteiger partial charge on any atom is 0.150 e. The van der Waals surface area contributed by atoms with Crippen LogP contribution in [-0.4, -0.2) is 56.0 Å². The molecule has 29 heavy (non-hydrogen) atoms. The normalized spacial score (nSPS) is 21.3. The van der Waals surface area contributed by atoms with Gasteiger partial charge in [-0.15, -0.1) is 0 Å². The molecule has 4 heterocycles. The van der Waals surface area contributed by atoms with Gasteiger partial charge in [0.1, 0.15) is 5.65 Å². The quantitative estimate of drug-likeness (QED) is 0.669. The van der Waals surface area contributed by atoms with Crippen LogP contribution < -0.4 is 0 Å². The third kappa shape index (κ3) is 3.74. The largest absolute Gasteiger partial charge is 0.380 e. The summed E-state index contributed by atoms with van der Waals surface area (Å²) < 4.78 is 9.24. The van der Waals surface area contributed by atoms with Gasteiger partial charge in [-0.2, -0.15) is 5.10 Å². The maximum absolute atomic E-state index is 5.62. The Kier molecular flexibility index (Phi) is 5.20. The van der Waals surface area contributed by atoms with Crippen LogP contribution in [0.4, 0.5) is 0 Å². The number of hydrogen-bond donors (Lipinski definition) is 1. The molecule has 1 saturated heterocycles. The molecule has 3 aromatic heterocycles. The highest BCUT2D eigenvalue weighted by atomic mass is 32.1. The molecule has 152 valence electrons. The van der Waals surface area contributed by atoms with E-state index >= 15 is 0 Å². The number of ether oxygens (including phenoxy) is 1. The summed E-state index contributed by atoms with van der Waals surface area (Å²) >= 11 is 4.57. The molecule has 0 aromatic carbocycles. The standard InChI is InChI=1S/C22H27N5OS/c1-25-14-18(13-24-25)21-15-27(29)22-20(21)11-17(12-23-22)16-3-5-19(6-4-16)26-7-2-9-28-10-8-26/h3,11-15,19,29H,2,4-10H2,1H3. The first-order valence-electron chi connectivity index (χ1n) is 10.4. The van der Waals surface area contributed by atoms with E-state index in [0.29, 0.717) is 6.04 Å². The fraction of sp³-hybridized carbons (Fsp3) is 0.455. The van der Waals surface area contributed by atoms with Crippen molar-refractivity contribution in [3.05, 3.63) is 42.5 Å². The van der Waals surface area contributed by atoms with E-state index in [9.17, 15) is 0 Å². The summed E-state index contributed by atoms with van der Waals surface area (Å²) in [5, 5.41) is 5.44. The van der Waals surface area contributed by atoms with Crippen molar-refractivity contribution in [2.75, 3.05) is 26.3 Å². The Morgan fingerprint density at radius 2 is 2.07 bits per heavy atom. The summed E-state index contributed by atoms with van der Waals surface area (Å²) in [6.45, 7) is 3.99. The zero-order chi connectivity index (χ0) is 19.8. The molecule has 0 saturated carbocycles. The van der Waals surface area contributed by atoms with Crippen molar-refractivity contribution >= 4 is 29.4 Å². The van der Waals surface area contributed by atoms with Crippen LogP contribution >= 0.6 is 12.8 Å². The van der Waals surface area contributed by atoms with Gasteiger partial charge < -0.3 is 4.74 Å². The maximum atomic E-state index is 5.62. The van der Waals surface area contributed by atoms with Crippen molar-refractivity contribution in [1.29, 1.82) is 0 Å². The van der Waals surface area contributed by atoms with E-state index < -0.39 is 0 Å². The van der Waals surface area contributed by atoms with Crippen LogP contribution in [0.15, 0.2) is 36.9 Å². The molecule has 0 spiro atoms. The molecular formula is C22H27N5OS. The van der Waals surface area contributed by atoms with Crippen LogP contribution in [-0.2, 0) is 11.8 Å². The fourth-order valence-electron chi connectivity index (χ4n) is 4.60. The summed E-state index contributed by atoms with van der Waals surface area (Å²) in [5.41, 5.74) is 5.72. The first-order chi connectivity index (χ1) is 14.2. The Balaban J connectivity index is 1.42. The van der Waals surface area contributed by atoms with E-state index in [1.54, 1.807) is 3.97 Å². The number of fused-ring (bicyclic) bond motifs is 1. The molecule has 6 nitrogen and oxygen atoms in total. The molecular weight excluding hydrogens is 382 g/mol. The molecule has 0 N–H and O–H groups in total. The number of thiol groups is 1. The lowest BCUT2D eigenvalue weighted by atomic mass is 9.90. The Morgan fingerprint density at radius 3 is 2.86 bits per heavy atom. The number of rotatable bonds is 3. The molecule has 2 aliphatic rings. The van der Waals surface area contributed by atoms with Crippen molar-refractivity contribution in [3.63, 3.8) is 0 Å². The molecule has 1 fully saturated rings. The molecule has 0 radical (unpaired) electrons. The van der Waals surface area contributed by atoms with E-state index in [4.69, 9.17) is 9.72 Å². The average Bonchev–Trinajstić information content (AvgIpc) is 3.19. The predicted octanol–water partition coefficient (Wildman–Crippen LogP) is 3.79. The summed E-state index contributed by atoms with van der Waals surface area (Å²) in [7, 11) is 1.94. The van der Waals surface area contributed by atoms with Crippen molar-refractivity contribution in [2.24, 2.45) is 7.05 Å². The minimum absolute atomic E-state index is 0.640. The van der Waals surface area contributed by atoms with Gasteiger partial charge in [0.2, 0.25) is 0 Å². The van der Waals surface area contributed by atoms with E-state index in [-0.39, 0.29) is 0 Å². The lowest BCUT2D eigenvalue weighted by Crippen LogP contribution is -2.37. The molecule has 5 rings (SSSR count). The highest BCUT2D eigenvalue weighted by molar-refractivity contribution is 7.78. The molecule has 1 unspecified atom stereocenters. The van der Waals surface area contributed by atoms with Crippen molar-refractivity contribution in [3.8, 4) is 11.1 Å². The van der Waals surface area contributed by atoms with E-state index in [1.165, 1.54) is 17.6 Å². The van der Waals surface area contributed by atoms with Crippen LogP contribution in [0.25, 0.3) is 27.7 Å². The van der Waals surface area contributed by atoms with Crippen LogP contribution in [0.2, 0.25) is 0 Å². The zero-order valence-corrected chi connectivity index (χ0v) is 17.7. The molecule has 1 atom stereocenters. The van der Waals surface area contributed by atoms with Crippen molar-refractivity contribution in [1.82, 2.24) is 23.6 Å². The van der Waals surface area contributed by atoms with Gasteiger partial charge in [0.25, 0.3) is 0 Å². The molecule has 7 heteroatoms. The van der Waals surface area contributed by atoms with Gasteiger partial charge in [-0.1, -0.05) is 18.9 Å². The highest BCUT2D eigenvalue weighted by Gasteiger charge is 2.23. The van der Waals surface area contributed by atoms with E-state index in [2.05, 4.69) is 35.0 Å². The number of aromatic nitrogens is 4. The summed E-state index contributed by atoms with van der Waals surface area (Å²) in [6.07, 6.45) is 14.9. The van der Waals surface area contributed by atoms with Gasteiger partial charge in [0.05, 0.1) is 12.8 Å². The second-order valence-corrected chi connectivity index (χ2v) is 8.48. The lowest BCUT2D eigenvalue weighted by molar-refractivity contribution is 0.129. The molecule has 0 bridgehead atoms. The van der Waals surface area contributed by atoms with Crippen molar-refractivity contribution < 1.29 is 4.74 Å². The Bertz CT molecular complexity index is 1040. The fourth-order valence-corrected chi connectivity index (χ4v) is 4.88. The number of nitrogens with zero attached hydrogens (tertiary/aromatic N) is 5. The van der Waals surface area contributed by atoms with Crippen LogP contribution in [0, 0.1) is 0 Å². The molecule has 0 amide bonds. The first-order valence-corrected chi connectivity index (χ1v) is 10.8. The third-order valence-electron chi connectivity index (χ3n) is 6.17. The van der Waals surface area contributed by atoms with Crippen molar-refractivity contribution in [2.45, 2.75) is 31.7 Å². The van der Waals surface area contributed by atoms with Gasteiger partial charge in [-0.05, 0) is 42.9 Å². The van der Waals surface area contributed by atoms with Gasteiger partial charge >= 0.3 is 0 Å². The smallest absolute Gasteiger partial charge is 0.150 e. The third-order valence-corrected chi connectivity index (χ3v) is 6.47. The Hall–Kier alpha value is -2.09. The minimum atomic E-state index is 0.640. The molecule has 1 aliphatic carbocycles. The highest BCUT2D eigenvalue weighted by Crippen LogP contribution is 2.34. The Morgan fingerprint density at radius 1 is 1.14 bits per heavy atom. The number of hydrogen-bond acceptors (Lipinski definition) is 5. The predicted molar refractivity (Wildman–Crippen MR) is 119 cm³/mol. The van der Waals surface area contributed by atoms with Gasteiger partial charge in [-0.25, -0.2) is 4.98 Å². The summed E-state index contributed by atoms with van der Waals surface area (Å²) in [4.78, 5) is 7.34. The average molecular weight is 410 g/mol. The number of pyridine rings is 1. The van der Waals surface area contributed by atoms with E-state index in [0.717, 1.165) is 67.7 Å².